The van der Waals surface area contributed by atoms with Crippen molar-refractivity contribution < 1.29 is 23.1 Å². The van der Waals surface area contributed by atoms with Crippen LogP contribution in [-0.2, 0) is 19.4 Å². The Hall–Kier alpha value is -1.11. The molecule has 2 aliphatic rings. The number of rotatable bonds is 6. The van der Waals surface area contributed by atoms with Crippen LogP contribution < -0.4 is 5.32 Å². The van der Waals surface area contributed by atoms with Crippen molar-refractivity contribution in [2.75, 3.05) is 12.3 Å². The third-order valence-corrected chi connectivity index (χ3v) is 6.99. The number of aliphatic carboxylic acids is 1. The Balaban J connectivity index is 1.87. The molecule has 0 aromatic rings. The van der Waals surface area contributed by atoms with Crippen LogP contribution in [0.15, 0.2) is 0 Å². The van der Waals surface area contributed by atoms with Crippen LogP contribution >= 0.6 is 0 Å². The lowest BCUT2D eigenvalue weighted by Crippen LogP contribution is -2.37. The second-order valence-corrected chi connectivity index (χ2v) is 8.79. The molecule has 0 radical (unpaired) electrons. The van der Waals surface area contributed by atoms with Crippen LogP contribution in [-0.4, -0.2) is 42.9 Å². The lowest BCUT2D eigenvalue weighted by molar-refractivity contribution is -0.140. The summed E-state index contributed by atoms with van der Waals surface area (Å²) in [7, 11) is -3.05. The molecule has 1 amide bonds. The van der Waals surface area contributed by atoms with Gasteiger partial charge in [-0.25, -0.2) is 8.42 Å². The molecule has 1 aliphatic heterocycles. The summed E-state index contributed by atoms with van der Waals surface area (Å²) in [4.78, 5) is 23.0. The second kappa shape index (κ2) is 6.34. The highest BCUT2D eigenvalue weighted by molar-refractivity contribution is 7.92. The molecule has 1 saturated heterocycles. The number of hydrogen-bond acceptors (Lipinski definition) is 4. The van der Waals surface area contributed by atoms with Gasteiger partial charge < -0.3 is 10.4 Å². The Morgan fingerprint density at radius 2 is 1.81 bits per heavy atom. The Labute approximate surface area is 125 Å². The fourth-order valence-corrected chi connectivity index (χ4v) is 5.35. The molecule has 7 heteroatoms. The lowest BCUT2D eigenvalue weighted by atomic mass is 9.79. The molecule has 1 heterocycles. The van der Waals surface area contributed by atoms with E-state index in [4.69, 9.17) is 5.11 Å². The maximum atomic E-state index is 12.1. The van der Waals surface area contributed by atoms with Gasteiger partial charge in [-0.15, -0.1) is 0 Å². The van der Waals surface area contributed by atoms with E-state index in [0.717, 1.165) is 25.7 Å². The summed E-state index contributed by atoms with van der Waals surface area (Å²) in [6, 6.07) is 0. The monoisotopic (exact) mass is 317 g/mol. The van der Waals surface area contributed by atoms with Gasteiger partial charge in [0, 0.05) is 13.0 Å². The minimum atomic E-state index is -3.05. The van der Waals surface area contributed by atoms with E-state index in [2.05, 4.69) is 5.32 Å². The zero-order valence-electron chi connectivity index (χ0n) is 12.1. The van der Waals surface area contributed by atoms with Crippen molar-refractivity contribution in [3.8, 4) is 0 Å². The molecule has 21 heavy (non-hydrogen) atoms. The summed E-state index contributed by atoms with van der Waals surface area (Å²) in [6.45, 7) is 0.157. The van der Waals surface area contributed by atoms with Crippen molar-refractivity contribution in [1.82, 2.24) is 5.32 Å². The molecule has 0 aromatic heterocycles. The molecule has 0 aromatic carbocycles. The molecule has 1 aliphatic carbocycles. The van der Waals surface area contributed by atoms with E-state index in [-0.39, 0.29) is 31.0 Å². The van der Waals surface area contributed by atoms with Gasteiger partial charge in [0.25, 0.3) is 0 Å². The number of carboxylic acid groups (broad SMARTS) is 1. The molecule has 2 N–H and O–H groups in total. The summed E-state index contributed by atoms with van der Waals surface area (Å²) in [5.41, 5.74) is -0.440. The topological polar surface area (TPSA) is 101 Å². The molecule has 1 atom stereocenters. The maximum absolute atomic E-state index is 12.1. The third-order valence-electron chi connectivity index (χ3n) is 4.72. The minimum Gasteiger partial charge on any atom is -0.481 e. The minimum absolute atomic E-state index is 0.0160. The number of hydrogen-bond donors (Lipinski definition) is 2. The largest absolute Gasteiger partial charge is 0.481 e. The zero-order chi connectivity index (χ0) is 15.5. The molecule has 2 rings (SSSR count). The van der Waals surface area contributed by atoms with Gasteiger partial charge >= 0.3 is 5.97 Å². The maximum Gasteiger partial charge on any atom is 0.303 e. The van der Waals surface area contributed by atoms with Crippen LogP contribution in [0.3, 0.4) is 0 Å². The van der Waals surface area contributed by atoms with E-state index in [1.807, 2.05) is 0 Å². The molecule has 0 bridgehead atoms. The van der Waals surface area contributed by atoms with Gasteiger partial charge in [-0.3, -0.25) is 9.59 Å². The van der Waals surface area contributed by atoms with Crippen molar-refractivity contribution >= 4 is 21.7 Å². The SMILES string of the molecule is O=C(O)CC1(CC(=O)NCC2CCCS2(=O)=O)CCCC1. The van der Waals surface area contributed by atoms with Gasteiger partial charge in [-0.2, -0.15) is 0 Å². The van der Waals surface area contributed by atoms with E-state index in [1.54, 1.807) is 0 Å². The first-order valence-corrected chi connectivity index (χ1v) is 9.25. The number of carboxylic acids is 1. The molecule has 1 unspecified atom stereocenters. The fraction of sp³-hybridized carbons (Fsp3) is 0.857. The summed E-state index contributed by atoms with van der Waals surface area (Å²) >= 11 is 0. The zero-order valence-corrected chi connectivity index (χ0v) is 13.0. The molecule has 120 valence electrons. The van der Waals surface area contributed by atoms with E-state index in [0.29, 0.717) is 12.8 Å². The molecule has 0 spiro atoms. The predicted octanol–water partition coefficient (Wildman–Crippen LogP) is 1.10. The Bertz CT molecular complexity index is 507. The molecule has 2 fully saturated rings. The van der Waals surface area contributed by atoms with Crippen LogP contribution in [0.4, 0.5) is 0 Å². The smallest absolute Gasteiger partial charge is 0.303 e. The van der Waals surface area contributed by atoms with E-state index in [9.17, 15) is 18.0 Å². The van der Waals surface area contributed by atoms with Gasteiger partial charge in [0.15, 0.2) is 9.84 Å². The Kier molecular flexibility index (Phi) is 4.91. The quantitative estimate of drug-likeness (QED) is 0.764. The van der Waals surface area contributed by atoms with Crippen molar-refractivity contribution in [1.29, 1.82) is 0 Å². The first-order chi connectivity index (χ1) is 9.83. The van der Waals surface area contributed by atoms with Crippen molar-refractivity contribution in [3.05, 3.63) is 0 Å². The van der Waals surface area contributed by atoms with E-state index in [1.165, 1.54) is 0 Å². The first kappa shape index (κ1) is 16.3. The summed E-state index contributed by atoms with van der Waals surface area (Å²) in [5.74, 6) is -0.889. The van der Waals surface area contributed by atoms with Gasteiger partial charge in [0.05, 0.1) is 17.4 Å². The molecule has 6 nitrogen and oxygen atoms in total. The van der Waals surface area contributed by atoms with E-state index >= 15 is 0 Å². The van der Waals surface area contributed by atoms with E-state index < -0.39 is 26.5 Å². The van der Waals surface area contributed by atoms with Crippen LogP contribution in [0.2, 0.25) is 0 Å². The average molecular weight is 317 g/mol. The number of amides is 1. The second-order valence-electron chi connectivity index (χ2n) is 6.39. The summed E-state index contributed by atoms with van der Waals surface area (Å²) in [5, 5.41) is 11.2. The molecule has 1 saturated carbocycles. The highest BCUT2D eigenvalue weighted by atomic mass is 32.2. The highest BCUT2D eigenvalue weighted by Crippen LogP contribution is 2.44. The standard InChI is InChI=1S/C14H23NO5S/c16-12(15-10-11-4-3-7-21(11,19)20)8-14(9-13(17)18)5-1-2-6-14/h11H,1-10H2,(H,15,16)(H,17,18). The van der Waals surface area contributed by atoms with Crippen LogP contribution in [0.25, 0.3) is 0 Å². The van der Waals surface area contributed by atoms with Crippen LogP contribution in [0.1, 0.15) is 51.4 Å². The fourth-order valence-electron chi connectivity index (χ4n) is 3.58. The lowest BCUT2D eigenvalue weighted by Gasteiger charge is -2.26. The molecular weight excluding hydrogens is 294 g/mol. The van der Waals surface area contributed by atoms with Crippen LogP contribution in [0, 0.1) is 5.41 Å². The van der Waals surface area contributed by atoms with Gasteiger partial charge in [-0.05, 0) is 31.1 Å². The van der Waals surface area contributed by atoms with Gasteiger partial charge in [0.1, 0.15) is 0 Å². The van der Waals surface area contributed by atoms with Crippen molar-refractivity contribution in [2.45, 2.75) is 56.6 Å². The van der Waals surface area contributed by atoms with Gasteiger partial charge in [0.2, 0.25) is 5.91 Å². The predicted molar refractivity (Wildman–Crippen MR) is 77.6 cm³/mol. The number of nitrogens with one attached hydrogen (secondary N) is 1. The van der Waals surface area contributed by atoms with Crippen LogP contribution in [0.5, 0.6) is 0 Å². The summed E-state index contributed by atoms with van der Waals surface area (Å²) < 4.78 is 23.4. The normalized spacial score (nSPS) is 26.6. The first-order valence-electron chi connectivity index (χ1n) is 7.53. The van der Waals surface area contributed by atoms with Crippen molar-refractivity contribution in [3.63, 3.8) is 0 Å². The van der Waals surface area contributed by atoms with Gasteiger partial charge in [-0.1, -0.05) is 12.8 Å². The highest BCUT2D eigenvalue weighted by Gasteiger charge is 2.38. The Morgan fingerprint density at radius 3 is 2.33 bits per heavy atom. The number of carbonyl (C=O) groups is 2. The number of carbonyl (C=O) groups excluding carboxylic acids is 1. The average Bonchev–Trinajstić information content (AvgIpc) is 2.92. The molecular formula is C14H23NO5S. The summed E-state index contributed by atoms with van der Waals surface area (Å²) in [6.07, 6.45) is 4.89. The third kappa shape index (κ3) is 4.18. The Morgan fingerprint density at radius 1 is 1.14 bits per heavy atom. The van der Waals surface area contributed by atoms with Crippen molar-refractivity contribution in [2.24, 2.45) is 5.41 Å². The number of sulfone groups is 1.